The van der Waals surface area contributed by atoms with Gasteiger partial charge in [-0.25, -0.2) is 4.98 Å². The number of fused-ring (bicyclic) bond motifs is 1. The number of carbonyl (C=O) groups excluding carboxylic acids is 2. The van der Waals surface area contributed by atoms with Crippen LogP contribution >= 0.6 is 11.3 Å². The molecule has 1 aromatic heterocycles. The number of nitro benzene ring substituents is 1. The zero-order valence-electron chi connectivity index (χ0n) is 18.8. The van der Waals surface area contributed by atoms with Gasteiger partial charge in [0.2, 0.25) is 0 Å². The van der Waals surface area contributed by atoms with Gasteiger partial charge in [-0.1, -0.05) is 59.4 Å². The third-order valence-corrected chi connectivity index (χ3v) is 6.92. The smallest absolute Gasteiger partial charge is 0.301 e. The number of benzene rings is 3. The molecule has 9 heteroatoms. The minimum Gasteiger partial charge on any atom is -0.507 e. The van der Waals surface area contributed by atoms with Crippen LogP contribution in [0.3, 0.4) is 0 Å². The number of nitrogens with zero attached hydrogens (tertiary/aromatic N) is 3. The summed E-state index contributed by atoms with van der Waals surface area (Å²) >= 11 is 1.24. The fraction of sp³-hybridized carbons (Fsp3) is 0.115. The molecule has 0 bridgehead atoms. The summed E-state index contributed by atoms with van der Waals surface area (Å²) in [5, 5.41) is 22.9. The maximum atomic E-state index is 13.3. The van der Waals surface area contributed by atoms with Crippen molar-refractivity contribution in [3.05, 3.63) is 105 Å². The minimum atomic E-state index is -1.09. The lowest BCUT2D eigenvalue weighted by atomic mass is 9.95. The molecule has 5 rings (SSSR count). The number of aromatic nitrogens is 1. The monoisotopic (exact) mass is 485 g/mol. The molecule has 2 heterocycles. The van der Waals surface area contributed by atoms with Crippen LogP contribution in [-0.4, -0.2) is 26.7 Å². The van der Waals surface area contributed by atoms with Crippen molar-refractivity contribution in [2.24, 2.45) is 0 Å². The molecule has 1 saturated heterocycles. The average Bonchev–Trinajstić information content (AvgIpc) is 3.37. The maximum Gasteiger partial charge on any atom is 0.301 e. The van der Waals surface area contributed by atoms with Gasteiger partial charge in [0.05, 0.1) is 26.8 Å². The highest BCUT2D eigenvalue weighted by Gasteiger charge is 2.48. The molecule has 174 valence electrons. The van der Waals surface area contributed by atoms with Crippen LogP contribution in [0.2, 0.25) is 0 Å². The van der Waals surface area contributed by atoms with E-state index < -0.39 is 22.7 Å². The van der Waals surface area contributed by atoms with Crippen molar-refractivity contribution < 1.29 is 19.6 Å². The molecule has 4 aromatic rings. The second-order valence-electron chi connectivity index (χ2n) is 8.35. The Morgan fingerprint density at radius 1 is 1.03 bits per heavy atom. The van der Waals surface area contributed by atoms with Gasteiger partial charge in [-0.15, -0.1) is 0 Å². The molecule has 0 aliphatic carbocycles. The highest BCUT2D eigenvalue weighted by molar-refractivity contribution is 7.22. The van der Waals surface area contributed by atoms with E-state index in [0.29, 0.717) is 16.6 Å². The highest BCUT2D eigenvalue weighted by atomic mass is 32.1. The Hall–Kier alpha value is -4.37. The van der Waals surface area contributed by atoms with E-state index in [2.05, 4.69) is 4.98 Å². The topological polar surface area (TPSA) is 114 Å². The summed E-state index contributed by atoms with van der Waals surface area (Å²) in [6.07, 6.45) is 0. The molecule has 1 fully saturated rings. The van der Waals surface area contributed by atoms with Crippen molar-refractivity contribution in [2.75, 3.05) is 4.90 Å². The van der Waals surface area contributed by atoms with Crippen molar-refractivity contribution in [1.29, 1.82) is 0 Å². The van der Waals surface area contributed by atoms with E-state index in [0.717, 1.165) is 15.8 Å². The first-order valence-electron chi connectivity index (χ1n) is 10.7. The van der Waals surface area contributed by atoms with Crippen LogP contribution in [0, 0.1) is 24.0 Å². The number of aliphatic hydroxyl groups excluding tert-OH is 1. The van der Waals surface area contributed by atoms with Gasteiger partial charge in [0.25, 0.3) is 11.5 Å². The van der Waals surface area contributed by atoms with Gasteiger partial charge in [0, 0.05) is 17.7 Å². The molecular weight excluding hydrogens is 466 g/mol. The standard InChI is InChI=1S/C26H19N3O5S/c1-14-6-9-16(10-7-14)23(30)21-22(17-4-3-5-18(13-17)29(33)34)28(25(32)24(21)31)26-27-19-11-8-15(2)12-20(19)35-26/h3-13,22,30H,1-2H3/b23-21+. The second-order valence-corrected chi connectivity index (χ2v) is 9.36. The quantitative estimate of drug-likeness (QED) is 0.135. The number of amides is 1. The summed E-state index contributed by atoms with van der Waals surface area (Å²) in [4.78, 5) is 43.3. The number of aliphatic hydroxyl groups is 1. The molecule has 35 heavy (non-hydrogen) atoms. The van der Waals surface area contributed by atoms with E-state index in [1.165, 1.54) is 34.4 Å². The van der Waals surface area contributed by atoms with Crippen LogP contribution in [0.5, 0.6) is 0 Å². The number of non-ortho nitro benzene ring substituents is 1. The number of aryl methyl sites for hydroxylation is 2. The predicted molar refractivity (Wildman–Crippen MR) is 133 cm³/mol. The molecule has 0 saturated carbocycles. The fourth-order valence-electron chi connectivity index (χ4n) is 4.14. The highest BCUT2D eigenvalue weighted by Crippen LogP contribution is 2.44. The van der Waals surface area contributed by atoms with Gasteiger partial charge >= 0.3 is 5.91 Å². The minimum absolute atomic E-state index is 0.144. The van der Waals surface area contributed by atoms with Crippen molar-refractivity contribution in [3.63, 3.8) is 0 Å². The number of Topliss-reactive ketones (excluding diaryl/α,β-unsaturated/α-hetero) is 1. The number of rotatable bonds is 4. The Morgan fingerprint density at radius 3 is 2.46 bits per heavy atom. The summed E-state index contributed by atoms with van der Waals surface area (Å²) < 4.78 is 0.832. The largest absolute Gasteiger partial charge is 0.507 e. The van der Waals surface area contributed by atoms with Crippen molar-refractivity contribution in [2.45, 2.75) is 19.9 Å². The van der Waals surface area contributed by atoms with Gasteiger partial charge in [-0.3, -0.25) is 24.6 Å². The summed E-state index contributed by atoms with van der Waals surface area (Å²) in [7, 11) is 0. The van der Waals surface area contributed by atoms with Crippen LogP contribution in [0.1, 0.15) is 28.3 Å². The van der Waals surface area contributed by atoms with Crippen LogP contribution in [-0.2, 0) is 9.59 Å². The van der Waals surface area contributed by atoms with E-state index in [1.807, 2.05) is 32.0 Å². The average molecular weight is 486 g/mol. The first kappa shape index (κ1) is 22.4. The lowest BCUT2D eigenvalue weighted by molar-refractivity contribution is -0.384. The van der Waals surface area contributed by atoms with Crippen molar-refractivity contribution >= 4 is 49.8 Å². The third kappa shape index (κ3) is 3.85. The zero-order valence-corrected chi connectivity index (χ0v) is 19.6. The molecule has 1 amide bonds. The van der Waals surface area contributed by atoms with E-state index in [-0.39, 0.29) is 22.2 Å². The van der Waals surface area contributed by atoms with Crippen molar-refractivity contribution in [1.82, 2.24) is 4.98 Å². The molecule has 1 unspecified atom stereocenters. The van der Waals surface area contributed by atoms with Crippen LogP contribution < -0.4 is 4.90 Å². The molecule has 0 spiro atoms. The Kier molecular flexibility index (Phi) is 5.41. The summed E-state index contributed by atoms with van der Waals surface area (Å²) in [5.74, 6) is -2.08. The Balaban J connectivity index is 1.75. The summed E-state index contributed by atoms with van der Waals surface area (Å²) in [6, 6.07) is 17.2. The molecule has 1 aliphatic heterocycles. The molecule has 8 nitrogen and oxygen atoms in total. The number of thiazole rings is 1. The number of ketones is 1. The summed E-state index contributed by atoms with van der Waals surface area (Å²) in [6.45, 7) is 3.83. The van der Waals surface area contributed by atoms with Gasteiger partial charge in [0.1, 0.15) is 5.76 Å². The van der Waals surface area contributed by atoms with Gasteiger partial charge in [-0.2, -0.15) is 0 Å². The van der Waals surface area contributed by atoms with Crippen LogP contribution in [0.4, 0.5) is 10.8 Å². The van der Waals surface area contributed by atoms with E-state index in [1.54, 1.807) is 30.3 Å². The Morgan fingerprint density at radius 2 is 1.74 bits per heavy atom. The number of anilines is 1. The zero-order chi connectivity index (χ0) is 24.9. The van der Waals surface area contributed by atoms with Crippen molar-refractivity contribution in [3.8, 4) is 0 Å². The molecule has 1 aliphatic rings. The van der Waals surface area contributed by atoms with E-state index >= 15 is 0 Å². The molecule has 3 aromatic carbocycles. The Bertz CT molecular complexity index is 1560. The van der Waals surface area contributed by atoms with Crippen LogP contribution in [0.15, 0.2) is 72.3 Å². The lowest BCUT2D eigenvalue weighted by Gasteiger charge is -2.22. The molecular formula is C26H19N3O5S. The molecule has 1 N–H and O–H groups in total. The van der Waals surface area contributed by atoms with Gasteiger partial charge in [-0.05, 0) is 37.1 Å². The Labute approximate surface area is 203 Å². The lowest BCUT2D eigenvalue weighted by Crippen LogP contribution is -2.29. The third-order valence-electron chi connectivity index (χ3n) is 5.90. The maximum absolute atomic E-state index is 13.3. The molecule has 0 radical (unpaired) electrons. The van der Waals surface area contributed by atoms with E-state index in [4.69, 9.17) is 0 Å². The first-order chi connectivity index (χ1) is 16.7. The van der Waals surface area contributed by atoms with E-state index in [9.17, 15) is 24.8 Å². The number of hydrogen-bond acceptors (Lipinski definition) is 7. The van der Waals surface area contributed by atoms with Crippen LogP contribution in [0.25, 0.3) is 16.0 Å². The number of carbonyl (C=O) groups is 2. The first-order valence-corrected chi connectivity index (χ1v) is 11.6. The normalized spacial score (nSPS) is 17.3. The fourth-order valence-corrected chi connectivity index (χ4v) is 5.23. The van der Waals surface area contributed by atoms with Gasteiger partial charge < -0.3 is 5.11 Å². The number of hydrogen-bond donors (Lipinski definition) is 1. The number of nitro groups is 1. The second kappa shape index (κ2) is 8.44. The molecule has 1 atom stereocenters. The van der Waals surface area contributed by atoms with Gasteiger partial charge in [0.15, 0.2) is 5.13 Å². The summed E-state index contributed by atoms with van der Waals surface area (Å²) in [5.41, 5.74) is 2.99. The SMILES string of the molecule is Cc1ccc(/C(O)=C2\C(=O)C(=O)N(c3nc4ccc(C)cc4s3)C2c2cccc([N+](=O)[O-])c2)cc1. The predicted octanol–water partition coefficient (Wildman–Crippen LogP) is 5.45.